The van der Waals surface area contributed by atoms with Gasteiger partial charge in [-0.2, -0.15) is 9.57 Å². The first-order valence-electron chi connectivity index (χ1n) is 10.0. The van der Waals surface area contributed by atoms with Gasteiger partial charge in [0, 0.05) is 25.6 Å². The predicted octanol–water partition coefficient (Wildman–Crippen LogP) is 1.56. The van der Waals surface area contributed by atoms with Crippen LogP contribution in [0.15, 0.2) is 29.2 Å². The van der Waals surface area contributed by atoms with Gasteiger partial charge in [0.25, 0.3) is 0 Å². The number of carbonyl (C=O) groups excluding carboxylic acids is 1. The van der Waals surface area contributed by atoms with E-state index in [1.165, 1.54) is 29.3 Å². The maximum absolute atomic E-state index is 12.8. The fourth-order valence-electron chi connectivity index (χ4n) is 3.95. The molecule has 2 fully saturated rings. The summed E-state index contributed by atoms with van der Waals surface area (Å²) in [6.45, 7) is 4.62. The third-order valence-corrected chi connectivity index (χ3v) is 7.56. The molecule has 8 heteroatoms. The topological polar surface area (TPSA) is 93.5 Å². The van der Waals surface area contributed by atoms with Crippen molar-refractivity contribution in [2.45, 2.75) is 37.0 Å². The zero-order valence-electron chi connectivity index (χ0n) is 16.1. The Morgan fingerprint density at radius 3 is 2.50 bits per heavy atom. The summed E-state index contributed by atoms with van der Waals surface area (Å²) < 4.78 is 27.1. The van der Waals surface area contributed by atoms with Crippen LogP contribution in [-0.2, 0) is 14.8 Å². The number of hydrogen-bond acceptors (Lipinski definition) is 5. The van der Waals surface area contributed by atoms with Crippen LogP contribution in [0.5, 0.6) is 0 Å². The Labute approximate surface area is 167 Å². The Morgan fingerprint density at radius 1 is 1.14 bits per heavy atom. The van der Waals surface area contributed by atoms with E-state index in [2.05, 4.69) is 10.2 Å². The molecule has 0 spiro atoms. The van der Waals surface area contributed by atoms with Gasteiger partial charge in [0.05, 0.1) is 10.5 Å². The highest BCUT2D eigenvalue weighted by atomic mass is 32.2. The molecule has 1 aromatic rings. The number of nitrogens with one attached hydrogen (secondary N) is 1. The van der Waals surface area contributed by atoms with Crippen LogP contribution in [0.3, 0.4) is 0 Å². The second-order valence-corrected chi connectivity index (χ2v) is 9.39. The number of piperidine rings is 1. The molecule has 0 radical (unpaired) electrons. The summed E-state index contributed by atoms with van der Waals surface area (Å²) in [6.07, 6.45) is 4.50. The largest absolute Gasteiger partial charge is 0.356 e. The number of nitriles is 1. The van der Waals surface area contributed by atoms with Crippen LogP contribution in [0.1, 0.15) is 37.7 Å². The van der Waals surface area contributed by atoms with Gasteiger partial charge in [0.2, 0.25) is 15.9 Å². The standard InChI is InChI=1S/C20H28N4O3S/c21-16-18-6-1-2-7-19(18)28(26,27)24-14-8-17(9-15-24)20(25)22-10-5-13-23-11-3-4-12-23/h1-2,6-7,17H,3-5,8-15H2,(H,22,25). The molecule has 0 aliphatic carbocycles. The lowest BCUT2D eigenvalue weighted by Crippen LogP contribution is -2.43. The number of nitrogens with zero attached hydrogens (tertiary/aromatic N) is 3. The average molecular weight is 405 g/mol. The monoisotopic (exact) mass is 404 g/mol. The van der Waals surface area contributed by atoms with Gasteiger partial charge in [-0.25, -0.2) is 8.42 Å². The van der Waals surface area contributed by atoms with Crippen molar-refractivity contribution in [1.29, 1.82) is 5.26 Å². The van der Waals surface area contributed by atoms with Crippen molar-refractivity contribution in [1.82, 2.24) is 14.5 Å². The van der Waals surface area contributed by atoms with Gasteiger partial charge in [-0.05, 0) is 63.9 Å². The van der Waals surface area contributed by atoms with E-state index in [1.807, 2.05) is 6.07 Å². The van der Waals surface area contributed by atoms with Crippen molar-refractivity contribution in [2.24, 2.45) is 5.92 Å². The van der Waals surface area contributed by atoms with Crippen LogP contribution in [0, 0.1) is 17.2 Å². The molecule has 7 nitrogen and oxygen atoms in total. The first kappa shape index (κ1) is 20.8. The Hall–Kier alpha value is -1.95. The van der Waals surface area contributed by atoms with Crippen LogP contribution < -0.4 is 5.32 Å². The van der Waals surface area contributed by atoms with Gasteiger partial charge in [0.1, 0.15) is 6.07 Å². The molecule has 152 valence electrons. The van der Waals surface area contributed by atoms with Gasteiger partial charge in [-0.15, -0.1) is 0 Å². The number of amides is 1. The Balaban J connectivity index is 1.47. The molecular weight excluding hydrogens is 376 g/mol. The van der Waals surface area contributed by atoms with Crippen molar-refractivity contribution in [2.75, 3.05) is 39.3 Å². The predicted molar refractivity (Wildman–Crippen MR) is 106 cm³/mol. The summed E-state index contributed by atoms with van der Waals surface area (Å²) in [7, 11) is -3.71. The molecule has 2 saturated heterocycles. The highest BCUT2D eigenvalue weighted by molar-refractivity contribution is 7.89. The Morgan fingerprint density at radius 2 is 1.82 bits per heavy atom. The van der Waals surface area contributed by atoms with E-state index in [0.29, 0.717) is 32.5 Å². The molecule has 0 atom stereocenters. The minimum Gasteiger partial charge on any atom is -0.356 e. The van der Waals surface area contributed by atoms with E-state index in [4.69, 9.17) is 0 Å². The zero-order valence-corrected chi connectivity index (χ0v) is 17.0. The average Bonchev–Trinajstić information content (AvgIpc) is 3.24. The number of rotatable bonds is 7. The van der Waals surface area contributed by atoms with Crippen LogP contribution in [0.2, 0.25) is 0 Å². The lowest BCUT2D eigenvalue weighted by molar-refractivity contribution is -0.126. The normalized spacial score (nSPS) is 19.4. The van der Waals surface area contributed by atoms with Crippen molar-refractivity contribution in [3.05, 3.63) is 29.8 Å². The van der Waals surface area contributed by atoms with Crippen molar-refractivity contribution < 1.29 is 13.2 Å². The summed E-state index contributed by atoms with van der Waals surface area (Å²) in [6, 6.07) is 8.19. The van der Waals surface area contributed by atoms with E-state index >= 15 is 0 Å². The minimum atomic E-state index is -3.71. The SMILES string of the molecule is N#Cc1ccccc1S(=O)(=O)N1CCC(C(=O)NCCCN2CCCC2)CC1. The smallest absolute Gasteiger partial charge is 0.244 e. The fraction of sp³-hybridized carbons (Fsp3) is 0.600. The molecule has 0 bridgehead atoms. The van der Waals surface area contributed by atoms with Crippen molar-refractivity contribution >= 4 is 15.9 Å². The molecule has 0 unspecified atom stereocenters. The van der Waals surface area contributed by atoms with Crippen LogP contribution in [-0.4, -0.2) is 62.8 Å². The van der Waals surface area contributed by atoms with E-state index < -0.39 is 10.0 Å². The zero-order chi connectivity index (χ0) is 20.0. The van der Waals surface area contributed by atoms with Crippen LogP contribution in [0.4, 0.5) is 0 Å². The second-order valence-electron chi connectivity index (χ2n) is 7.48. The van der Waals surface area contributed by atoms with Gasteiger partial charge in [-0.3, -0.25) is 4.79 Å². The number of carbonyl (C=O) groups is 1. The van der Waals surface area contributed by atoms with Gasteiger partial charge in [-0.1, -0.05) is 12.1 Å². The van der Waals surface area contributed by atoms with Crippen LogP contribution in [0.25, 0.3) is 0 Å². The number of hydrogen-bond donors (Lipinski definition) is 1. The maximum Gasteiger partial charge on any atom is 0.244 e. The summed E-state index contributed by atoms with van der Waals surface area (Å²) in [5.41, 5.74) is 0.153. The summed E-state index contributed by atoms with van der Waals surface area (Å²) in [5, 5.41) is 12.2. The summed E-state index contributed by atoms with van der Waals surface area (Å²) in [4.78, 5) is 14.9. The lowest BCUT2D eigenvalue weighted by atomic mass is 9.97. The Kier molecular flexibility index (Phi) is 7.05. The molecule has 1 amide bonds. The molecule has 3 rings (SSSR count). The van der Waals surface area contributed by atoms with Crippen molar-refractivity contribution in [3.63, 3.8) is 0 Å². The highest BCUT2D eigenvalue weighted by Gasteiger charge is 2.33. The molecule has 0 aromatic heterocycles. The number of sulfonamides is 1. The molecule has 2 heterocycles. The molecule has 1 aromatic carbocycles. The maximum atomic E-state index is 12.8. The molecular formula is C20H28N4O3S. The van der Waals surface area contributed by atoms with Crippen LogP contribution >= 0.6 is 0 Å². The summed E-state index contributed by atoms with van der Waals surface area (Å²) in [5.74, 6) is -0.125. The highest BCUT2D eigenvalue weighted by Crippen LogP contribution is 2.25. The third kappa shape index (κ3) is 4.90. The van der Waals surface area contributed by atoms with E-state index in [-0.39, 0.29) is 22.3 Å². The quantitative estimate of drug-likeness (QED) is 0.696. The minimum absolute atomic E-state index is 0.0240. The van der Waals surface area contributed by atoms with Gasteiger partial charge < -0.3 is 10.2 Å². The van der Waals surface area contributed by atoms with E-state index in [1.54, 1.807) is 12.1 Å². The molecule has 28 heavy (non-hydrogen) atoms. The lowest BCUT2D eigenvalue weighted by Gasteiger charge is -2.30. The second kappa shape index (κ2) is 9.50. The van der Waals surface area contributed by atoms with E-state index in [0.717, 1.165) is 26.1 Å². The molecule has 0 saturated carbocycles. The molecule has 2 aliphatic rings. The van der Waals surface area contributed by atoms with Gasteiger partial charge >= 0.3 is 0 Å². The number of benzene rings is 1. The first-order chi connectivity index (χ1) is 13.5. The fourth-order valence-corrected chi connectivity index (χ4v) is 5.56. The van der Waals surface area contributed by atoms with Gasteiger partial charge in [0.15, 0.2) is 0 Å². The van der Waals surface area contributed by atoms with Crippen molar-refractivity contribution in [3.8, 4) is 6.07 Å². The molecule has 1 N–H and O–H groups in total. The van der Waals surface area contributed by atoms with E-state index in [9.17, 15) is 18.5 Å². The summed E-state index contributed by atoms with van der Waals surface area (Å²) >= 11 is 0. The molecule has 2 aliphatic heterocycles. The Bertz CT molecular complexity index is 820. The third-order valence-electron chi connectivity index (χ3n) is 5.60. The number of likely N-dealkylation sites (tertiary alicyclic amines) is 1. The first-order valence-corrected chi connectivity index (χ1v) is 11.5.